The van der Waals surface area contributed by atoms with Crippen molar-refractivity contribution in [3.05, 3.63) is 83.0 Å². The molecule has 0 bridgehead atoms. The van der Waals surface area contributed by atoms with Crippen molar-refractivity contribution >= 4 is 35.1 Å². The molecule has 1 aromatic heterocycles. The third-order valence-electron chi connectivity index (χ3n) is 6.32. The third kappa shape index (κ3) is 8.71. The molecule has 9 heteroatoms. The van der Waals surface area contributed by atoms with Crippen molar-refractivity contribution in [2.75, 3.05) is 64.0 Å². The van der Waals surface area contributed by atoms with E-state index in [1.54, 1.807) is 6.07 Å². The van der Waals surface area contributed by atoms with Gasteiger partial charge in [-0.3, -0.25) is 9.69 Å². The Bertz CT molecular complexity index is 1130. The Morgan fingerprint density at radius 2 is 1.57 bits per heavy atom. The summed E-state index contributed by atoms with van der Waals surface area (Å²) >= 11 is 7.76. The highest BCUT2D eigenvalue weighted by atomic mass is 35.5. The van der Waals surface area contributed by atoms with E-state index in [0.29, 0.717) is 16.1 Å². The fraction of sp³-hybridized carbons (Fsp3) is 0.393. The number of benzene rings is 2. The van der Waals surface area contributed by atoms with Gasteiger partial charge in [-0.25, -0.2) is 9.97 Å². The van der Waals surface area contributed by atoms with Gasteiger partial charge in [0.1, 0.15) is 11.0 Å². The van der Waals surface area contributed by atoms with E-state index in [4.69, 9.17) is 16.6 Å². The Morgan fingerprint density at radius 3 is 2.22 bits per heavy atom. The Balaban J connectivity index is 1.34. The first kappa shape index (κ1) is 27.4. The van der Waals surface area contributed by atoms with Crippen LogP contribution in [0.3, 0.4) is 0 Å². The average Bonchev–Trinajstić information content (AvgIpc) is 2.91. The fourth-order valence-electron chi connectivity index (χ4n) is 4.23. The topological polar surface area (TPSA) is 55.8 Å². The van der Waals surface area contributed by atoms with Gasteiger partial charge in [0.25, 0.3) is 0 Å². The summed E-state index contributed by atoms with van der Waals surface area (Å²) in [7, 11) is 4.12. The van der Waals surface area contributed by atoms with Crippen LogP contribution < -0.4 is 4.90 Å². The predicted octanol–water partition coefficient (Wildman–Crippen LogP) is 4.13. The molecule has 7 nitrogen and oxygen atoms in total. The van der Waals surface area contributed by atoms with Crippen molar-refractivity contribution in [1.29, 1.82) is 0 Å². The summed E-state index contributed by atoms with van der Waals surface area (Å²) in [5, 5.41) is 0.916. The number of hydrogen-bond acceptors (Lipinski definition) is 7. The number of piperazine rings is 1. The van der Waals surface area contributed by atoms with Crippen LogP contribution >= 0.6 is 23.4 Å². The highest BCUT2D eigenvalue weighted by molar-refractivity contribution is 7.99. The summed E-state index contributed by atoms with van der Waals surface area (Å²) in [5.74, 6) is 1.19. The number of likely N-dealkylation sites (N-methyl/N-ethyl adjacent to an activating group) is 1. The van der Waals surface area contributed by atoms with Crippen LogP contribution in [0, 0.1) is 0 Å². The Hall–Kier alpha value is -2.65. The lowest BCUT2D eigenvalue weighted by Crippen LogP contribution is -2.48. The summed E-state index contributed by atoms with van der Waals surface area (Å²) in [5.41, 5.74) is 2.51. The molecule has 0 aliphatic carbocycles. The number of aromatic nitrogens is 2. The maximum absolute atomic E-state index is 12.9. The number of rotatable bonds is 11. The van der Waals surface area contributed by atoms with E-state index in [-0.39, 0.29) is 5.91 Å². The predicted molar refractivity (Wildman–Crippen MR) is 152 cm³/mol. The summed E-state index contributed by atoms with van der Waals surface area (Å²) in [6.07, 6.45) is 0. The molecule has 37 heavy (non-hydrogen) atoms. The molecular formula is C28H35ClN6OS. The van der Waals surface area contributed by atoms with Gasteiger partial charge in [0.05, 0.1) is 5.75 Å². The molecule has 0 spiro atoms. The van der Waals surface area contributed by atoms with E-state index in [9.17, 15) is 4.79 Å². The summed E-state index contributed by atoms with van der Waals surface area (Å²) in [6.45, 7) is 6.55. The van der Waals surface area contributed by atoms with E-state index < -0.39 is 0 Å². The third-order valence-corrected chi connectivity index (χ3v) is 7.34. The largest absolute Gasteiger partial charge is 0.351 e. The molecular weight excluding hydrogens is 504 g/mol. The van der Waals surface area contributed by atoms with Crippen LogP contribution in [0.15, 0.2) is 71.9 Å². The van der Waals surface area contributed by atoms with Gasteiger partial charge in [0, 0.05) is 58.4 Å². The van der Waals surface area contributed by atoms with Crippen molar-refractivity contribution in [3.63, 3.8) is 0 Å². The lowest BCUT2D eigenvalue weighted by atomic mass is 10.2. The van der Waals surface area contributed by atoms with Crippen molar-refractivity contribution in [3.8, 4) is 0 Å². The van der Waals surface area contributed by atoms with Crippen LogP contribution in [0.5, 0.6) is 0 Å². The molecule has 3 aromatic rings. The minimum atomic E-state index is 0.114. The quantitative estimate of drug-likeness (QED) is 0.207. The molecule has 2 aromatic carbocycles. The number of halogens is 1. The van der Waals surface area contributed by atoms with Crippen molar-refractivity contribution < 1.29 is 4.79 Å². The number of carbonyl (C=O) groups excluding carboxylic acids is 1. The van der Waals surface area contributed by atoms with Crippen molar-refractivity contribution in [2.45, 2.75) is 18.2 Å². The molecule has 1 aliphatic heterocycles. The minimum Gasteiger partial charge on any atom is -0.351 e. The monoisotopic (exact) mass is 538 g/mol. The van der Waals surface area contributed by atoms with Gasteiger partial charge in [0.15, 0.2) is 5.16 Å². The molecule has 196 valence electrons. The number of anilines is 1. The minimum absolute atomic E-state index is 0.114. The zero-order valence-corrected chi connectivity index (χ0v) is 23.2. The number of thioether (sulfide) groups is 1. The zero-order chi connectivity index (χ0) is 26.0. The summed E-state index contributed by atoms with van der Waals surface area (Å²) in [4.78, 5) is 30.8. The lowest BCUT2D eigenvalue weighted by Gasteiger charge is -2.34. The molecule has 0 radical (unpaired) electrons. The molecule has 4 rings (SSSR count). The normalized spacial score (nSPS) is 14.2. The maximum Gasteiger partial charge on any atom is 0.233 e. The van der Waals surface area contributed by atoms with Crippen LogP contribution in [-0.2, 0) is 17.9 Å². The van der Waals surface area contributed by atoms with Crippen LogP contribution in [0.1, 0.15) is 11.1 Å². The number of nitrogens with zero attached hydrogens (tertiary/aromatic N) is 6. The average molecular weight is 539 g/mol. The van der Waals surface area contributed by atoms with E-state index in [2.05, 4.69) is 70.2 Å². The number of hydrogen-bond donors (Lipinski definition) is 0. The highest BCUT2D eigenvalue weighted by Gasteiger charge is 2.22. The second kappa shape index (κ2) is 13.8. The van der Waals surface area contributed by atoms with Gasteiger partial charge in [0.2, 0.25) is 5.91 Å². The molecule has 2 heterocycles. The fourth-order valence-corrected chi connectivity index (χ4v) is 5.21. The van der Waals surface area contributed by atoms with Gasteiger partial charge in [-0.05, 0) is 25.2 Å². The second-order valence-electron chi connectivity index (χ2n) is 9.47. The SMILES string of the molecule is CN(C)CCN(Cc1ccccc1)c1cc(Cl)nc(SCC(=O)N2CCN(Cc3ccccc3)CC2)n1. The first-order valence-electron chi connectivity index (χ1n) is 12.6. The molecule has 1 saturated heterocycles. The van der Waals surface area contributed by atoms with Gasteiger partial charge in [-0.2, -0.15) is 0 Å². The first-order chi connectivity index (χ1) is 18.0. The molecule has 1 fully saturated rings. The number of carbonyl (C=O) groups is 1. The molecule has 0 N–H and O–H groups in total. The Kier molecular flexibility index (Phi) is 10.2. The van der Waals surface area contributed by atoms with Crippen molar-refractivity contribution in [2.24, 2.45) is 0 Å². The smallest absolute Gasteiger partial charge is 0.233 e. The molecule has 1 amide bonds. The molecule has 0 unspecified atom stereocenters. The summed E-state index contributed by atoms with van der Waals surface area (Å²) in [6, 6.07) is 22.6. The van der Waals surface area contributed by atoms with E-state index in [1.807, 2.05) is 29.2 Å². The van der Waals surface area contributed by atoms with Gasteiger partial charge >= 0.3 is 0 Å². The zero-order valence-electron chi connectivity index (χ0n) is 21.6. The van der Waals surface area contributed by atoms with Crippen molar-refractivity contribution in [1.82, 2.24) is 24.7 Å². The Labute approximate surface area is 229 Å². The molecule has 0 atom stereocenters. The van der Waals surface area contributed by atoms with Crippen LogP contribution in [0.25, 0.3) is 0 Å². The lowest BCUT2D eigenvalue weighted by molar-refractivity contribution is -0.130. The van der Waals surface area contributed by atoms with Crippen LogP contribution in [0.4, 0.5) is 5.82 Å². The van der Waals surface area contributed by atoms with E-state index in [1.165, 1.54) is 22.9 Å². The first-order valence-corrected chi connectivity index (χ1v) is 14.0. The van der Waals surface area contributed by atoms with Crippen LogP contribution in [0.2, 0.25) is 5.15 Å². The Morgan fingerprint density at radius 1 is 0.919 bits per heavy atom. The van der Waals surface area contributed by atoms with Gasteiger partial charge in [-0.1, -0.05) is 84.0 Å². The van der Waals surface area contributed by atoms with Gasteiger partial charge < -0.3 is 14.7 Å². The molecule has 0 saturated carbocycles. The van der Waals surface area contributed by atoms with E-state index in [0.717, 1.165) is 58.2 Å². The highest BCUT2D eigenvalue weighted by Crippen LogP contribution is 2.24. The second-order valence-corrected chi connectivity index (χ2v) is 10.8. The summed E-state index contributed by atoms with van der Waals surface area (Å²) < 4.78 is 0. The number of amides is 1. The van der Waals surface area contributed by atoms with Crippen LogP contribution in [-0.4, -0.2) is 89.7 Å². The van der Waals surface area contributed by atoms with E-state index >= 15 is 0 Å². The van der Waals surface area contributed by atoms with Gasteiger partial charge in [-0.15, -0.1) is 0 Å². The standard InChI is InChI=1S/C28H35ClN6OS/c1-32(2)13-16-35(21-24-11-7-4-8-12-24)26-19-25(29)30-28(31-26)37-22-27(36)34-17-14-33(15-18-34)20-23-9-5-3-6-10-23/h3-12,19H,13-18,20-22H2,1-2H3. The molecule has 1 aliphatic rings. The maximum atomic E-state index is 12.9.